The summed E-state index contributed by atoms with van der Waals surface area (Å²) >= 11 is 0. The van der Waals surface area contributed by atoms with E-state index in [1.165, 1.54) is 43.7 Å². The normalized spacial score (nSPS) is 11.9. The molecule has 0 radical (unpaired) electrons. The summed E-state index contributed by atoms with van der Waals surface area (Å²) in [6.07, 6.45) is 1.54. The first-order valence-electron chi connectivity index (χ1n) is 6.78. The quantitative estimate of drug-likeness (QED) is 0.864. The standard InChI is InChI=1S/C16H15F2NO4S/c1-22-13-8-5-11(9-14(13)23-16(17)18)19-15(20)10-3-6-12(7-4-10)24(2)21/h3-9,16H,1-2H3,(H,19,20). The first-order valence-corrected chi connectivity index (χ1v) is 8.34. The first-order chi connectivity index (χ1) is 11.4. The van der Waals surface area contributed by atoms with Gasteiger partial charge < -0.3 is 14.8 Å². The van der Waals surface area contributed by atoms with Crippen LogP contribution in [0.1, 0.15) is 10.4 Å². The van der Waals surface area contributed by atoms with Crippen molar-refractivity contribution in [1.82, 2.24) is 0 Å². The Kier molecular flexibility index (Phi) is 5.86. The highest BCUT2D eigenvalue weighted by Crippen LogP contribution is 2.31. The number of carbonyl (C=O) groups is 1. The molecule has 2 rings (SSSR count). The molecule has 1 unspecified atom stereocenters. The van der Waals surface area contributed by atoms with Crippen molar-refractivity contribution in [2.75, 3.05) is 18.7 Å². The molecule has 0 saturated carbocycles. The predicted molar refractivity (Wildman–Crippen MR) is 86.4 cm³/mol. The Morgan fingerprint density at radius 1 is 1.12 bits per heavy atom. The third kappa shape index (κ3) is 4.51. The van der Waals surface area contributed by atoms with Gasteiger partial charge in [0.2, 0.25) is 0 Å². The van der Waals surface area contributed by atoms with E-state index in [0.29, 0.717) is 10.5 Å². The summed E-state index contributed by atoms with van der Waals surface area (Å²) < 4.78 is 45.4. The zero-order valence-corrected chi connectivity index (χ0v) is 13.7. The van der Waals surface area contributed by atoms with Crippen LogP contribution in [0.4, 0.5) is 14.5 Å². The highest BCUT2D eigenvalue weighted by Gasteiger charge is 2.13. The molecule has 0 aliphatic carbocycles. The van der Waals surface area contributed by atoms with Gasteiger partial charge in [-0.15, -0.1) is 0 Å². The molecule has 0 spiro atoms. The van der Waals surface area contributed by atoms with Crippen molar-refractivity contribution in [2.24, 2.45) is 0 Å². The van der Waals surface area contributed by atoms with E-state index in [4.69, 9.17) is 4.74 Å². The summed E-state index contributed by atoms with van der Waals surface area (Å²) in [6.45, 7) is -3.01. The molecule has 0 aliphatic rings. The average Bonchev–Trinajstić information content (AvgIpc) is 2.54. The lowest BCUT2D eigenvalue weighted by Gasteiger charge is -2.12. The van der Waals surface area contributed by atoms with E-state index in [0.717, 1.165) is 0 Å². The van der Waals surface area contributed by atoms with E-state index in [9.17, 15) is 17.8 Å². The van der Waals surface area contributed by atoms with E-state index in [1.54, 1.807) is 12.1 Å². The number of anilines is 1. The number of nitrogens with one attached hydrogen (secondary N) is 1. The van der Waals surface area contributed by atoms with Gasteiger partial charge in [-0.25, -0.2) is 0 Å². The SMILES string of the molecule is COc1ccc(NC(=O)c2ccc(S(C)=O)cc2)cc1OC(F)F. The number of methoxy groups -OCH3 is 1. The third-order valence-corrected chi connectivity index (χ3v) is 4.02. The predicted octanol–water partition coefficient (Wildman–Crippen LogP) is 3.29. The highest BCUT2D eigenvalue weighted by molar-refractivity contribution is 7.84. The van der Waals surface area contributed by atoms with E-state index in [-0.39, 0.29) is 17.2 Å². The van der Waals surface area contributed by atoms with Crippen LogP contribution >= 0.6 is 0 Å². The molecule has 5 nitrogen and oxygen atoms in total. The van der Waals surface area contributed by atoms with Gasteiger partial charge in [0.05, 0.1) is 7.11 Å². The van der Waals surface area contributed by atoms with Crippen LogP contribution < -0.4 is 14.8 Å². The average molecular weight is 355 g/mol. The summed E-state index contributed by atoms with van der Waals surface area (Å²) in [5.41, 5.74) is 0.621. The lowest BCUT2D eigenvalue weighted by molar-refractivity contribution is -0.0511. The van der Waals surface area contributed by atoms with Gasteiger partial charge >= 0.3 is 6.61 Å². The Morgan fingerprint density at radius 2 is 1.79 bits per heavy atom. The molecule has 0 bridgehead atoms. The summed E-state index contributed by atoms with van der Waals surface area (Å²) in [7, 11) is 0.190. The molecule has 1 amide bonds. The van der Waals surface area contributed by atoms with Crippen molar-refractivity contribution in [2.45, 2.75) is 11.5 Å². The lowest BCUT2D eigenvalue weighted by atomic mass is 10.2. The molecule has 8 heteroatoms. The first kappa shape index (κ1) is 17.9. The van der Waals surface area contributed by atoms with Crippen molar-refractivity contribution < 1.29 is 27.3 Å². The van der Waals surface area contributed by atoms with Gasteiger partial charge in [0.25, 0.3) is 5.91 Å². The molecule has 0 aromatic heterocycles. The van der Waals surface area contributed by atoms with Crippen LogP contribution in [-0.2, 0) is 10.8 Å². The molecule has 1 atom stereocenters. The molecular weight excluding hydrogens is 340 g/mol. The van der Waals surface area contributed by atoms with E-state index in [2.05, 4.69) is 10.1 Å². The van der Waals surface area contributed by atoms with Crippen LogP contribution in [-0.4, -0.2) is 30.1 Å². The second-order valence-electron chi connectivity index (χ2n) is 4.68. The number of ether oxygens (including phenoxy) is 2. The highest BCUT2D eigenvalue weighted by atomic mass is 32.2. The maximum absolute atomic E-state index is 12.4. The molecule has 128 valence electrons. The Bertz CT molecular complexity index is 750. The molecular formula is C16H15F2NO4S. The van der Waals surface area contributed by atoms with Crippen LogP contribution in [0.2, 0.25) is 0 Å². The molecule has 0 saturated heterocycles. The molecule has 1 N–H and O–H groups in total. The number of alkyl halides is 2. The van der Waals surface area contributed by atoms with Crippen molar-refractivity contribution in [1.29, 1.82) is 0 Å². The Labute approximate surface area is 140 Å². The van der Waals surface area contributed by atoms with Crippen LogP contribution in [0, 0.1) is 0 Å². The summed E-state index contributed by atoms with van der Waals surface area (Å²) in [6, 6.07) is 10.4. The summed E-state index contributed by atoms with van der Waals surface area (Å²) in [4.78, 5) is 12.8. The number of amides is 1. The van der Waals surface area contributed by atoms with Gasteiger partial charge in [0, 0.05) is 39.3 Å². The maximum Gasteiger partial charge on any atom is 0.387 e. The molecule has 2 aromatic carbocycles. The number of hydrogen-bond donors (Lipinski definition) is 1. The second-order valence-corrected chi connectivity index (χ2v) is 6.06. The van der Waals surface area contributed by atoms with Crippen molar-refractivity contribution in [3.63, 3.8) is 0 Å². The lowest BCUT2D eigenvalue weighted by Crippen LogP contribution is -2.12. The molecule has 0 aliphatic heterocycles. The van der Waals surface area contributed by atoms with Crippen LogP contribution in [0.25, 0.3) is 0 Å². The van der Waals surface area contributed by atoms with Crippen LogP contribution in [0.3, 0.4) is 0 Å². The number of halogens is 2. The summed E-state index contributed by atoms with van der Waals surface area (Å²) in [5.74, 6) is -0.485. The summed E-state index contributed by atoms with van der Waals surface area (Å²) in [5, 5.41) is 2.58. The maximum atomic E-state index is 12.4. The molecule has 0 fully saturated rings. The number of benzene rings is 2. The monoisotopic (exact) mass is 355 g/mol. The number of carbonyl (C=O) groups excluding carboxylic acids is 1. The van der Waals surface area contributed by atoms with Crippen molar-refractivity contribution >= 4 is 22.4 Å². The van der Waals surface area contributed by atoms with Gasteiger partial charge in [0.1, 0.15) is 0 Å². The fraction of sp³-hybridized carbons (Fsp3) is 0.188. The minimum Gasteiger partial charge on any atom is -0.493 e. The van der Waals surface area contributed by atoms with Gasteiger partial charge in [-0.2, -0.15) is 8.78 Å². The fourth-order valence-electron chi connectivity index (χ4n) is 1.94. The zero-order chi connectivity index (χ0) is 17.7. The van der Waals surface area contributed by atoms with E-state index >= 15 is 0 Å². The fourth-order valence-corrected chi connectivity index (χ4v) is 2.46. The van der Waals surface area contributed by atoms with Crippen molar-refractivity contribution in [3.05, 3.63) is 48.0 Å². The minimum absolute atomic E-state index is 0.128. The van der Waals surface area contributed by atoms with E-state index < -0.39 is 23.3 Å². The topological polar surface area (TPSA) is 64.6 Å². The van der Waals surface area contributed by atoms with E-state index in [1.807, 2.05) is 0 Å². The van der Waals surface area contributed by atoms with Crippen LogP contribution in [0.15, 0.2) is 47.4 Å². The largest absolute Gasteiger partial charge is 0.493 e. The molecule has 24 heavy (non-hydrogen) atoms. The van der Waals surface area contributed by atoms with Gasteiger partial charge in [-0.3, -0.25) is 9.00 Å². The molecule has 2 aromatic rings. The Balaban J connectivity index is 2.17. The minimum atomic E-state index is -3.01. The van der Waals surface area contributed by atoms with Crippen molar-refractivity contribution in [3.8, 4) is 11.5 Å². The number of hydrogen-bond acceptors (Lipinski definition) is 4. The molecule has 0 heterocycles. The number of rotatable bonds is 6. The van der Waals surface area contributed by atoms with Gasteiger partial charge in [-0.1, -0.05) is 0 Å². The Morgan fingerprint density at radius 3 is 2.33 bits per heavy atom. The zero-order valence-electron chi connectivity index (χ0n) is 12.9. The van der Waals surface area contributed by atoms with Crippen LogP contribution in [0.5, 0.6) is 11.5 Å². The van der Waals surface area contributed by atoms with Gasteiger partial charge in [0.15, 0.2) is 11.5 Å². The second kappa shape index (κ2) is 7.87. The smallest absolute Gasteiger partial charge is 0.387 e. The van der Waals surface area contributed by atoms with Gasteiger partial charge in [-0.05, 0) is 36.4 Å². The third-order valence-electron chi connectivity index (χ3n) is 3.09. The Hall–Kier alpha value is -2.48.